The van der Waals surface area contributed by atoms with Crippen LogP contribution < -0.4 is 10.1 Å². The number of hydrogen-bond donors (Lipinski definition) is 3. The van der Waals surface area contributed by atoms with E-state index in [1.807, 2.05) is 74.5 Å². The lowest BCUT2D eigenvalue weighted by atomic mass is 9.75. The van der Waals surface area contributed by atoms with Gasteiger partial charge in [-0.2, -0.15) is 5.10 Å². The minimum Gasteiger partial charge on any atom is -0.492 e. The van der Waals surface area contributed by atoms with Crippen molar-refractivity contribution in [3.63, 3.8) is 0 Å². The number of benzene rings is 2. The zero-order valence-corrected chi connectivity index (χ0v) is 22.1. The number of amides is 1. The molecule has 10 heteroatoms. The van der Waals surface area contributed by atoms with Gasteiger partial charge in [0.2, 0.25) is 5.91 Å². The largest absolute Gasteiger partial charge is 0.492 e. The van der Waals surface area contributed by atoms with Crippen molar-refractivity contribution in [2.75, 3.05) is 39.5 Å². The molecule has 202 valence electrons. The Labute approximate surface area is 224 Å². The average molecular weight is 520 g/mol. The van der Waals surface area contributed by atoms with Crippen LogP contribution in [0.1, 0.15) is 20.3 Å². The first-order valence-electron chi connectivity index (χ1n) is 13.2. The van der Waals surface area contributed by atoms with E-state index in [2.05, 4.69) is 10.2 Å². The number of morpholine rings is 1. The Hall–Kier alpha value is -3.18. The molecule has 1 fully saturated rings. The van der Waals surface area contributed by atoms with Crippen molar-refractivity contribution < 1.29 is 24.3 Å². The minimum atomic E-state index is -1.63. The highest BCUT2D eigenvalue weighted by atomic mass is 16.5. The van der Waals surface area contributed by atoms with Crippen LogP contribution >= 0.6 is 0 Å². The molecule has 1 amide bonds. The number of nitrogens with zero attached hydrogens (tertiary/aromatic N) is 3. The molecule has 3 aromatic rings. The number of ether oxygens (including phenoxy) is 2. The summed E-state index contributed by atoms with van der Waals surface area (Å²) < 4.78 is 13.1. The van der Waals surface area contributed by atoms with Crippen molar-refractivity contribution in [3.8, 4) is 28.3 Å². The highest BCUT2D eigenvalue weighted by molar-refractivity contribution is 6.43. The molecule has 1 aliphatic heterocycles. The van der Waals surface area contributed by atoms with E-state index in [1.165, 1.54) is 0 Å². The van der Waals surface area contributed by atoms with E-state index in [0.717, 1.165) is 61.1 Å². The van der Waals surface area contributed by atoms with Gasteiger partial charge in [0.25, 0.3) is 0 Å². The second-order valence-electron chi connectivity index (χ2n) is 9.99. The first-order chi connectivity index (χ1) is 18.4. The van der Waals surface area contributed by atoms with Crippen LogP contribution in [0, 0.1) is 5.92 Å². The van der Waals surface area contributed by atoms with Crippen molar-refractivity contribution in [1.29, 1.82) is 0 Å². The summed E-state index contributed by atoms with van der Waals surface area (Å²) in [5, 5.41) is 27.0. The predicted molar refractivity (Wildman–Crippen MR) is 147 cm³/mol. The monoisotopic (exact) mass is 520 g/mol. The minimum absolute atomic E-state index is 0.0543. The Kier molecular flexibility index (Phi) is 9.94. The second kappa shape index (κ2) is 13.6. The van der Waals surface area contributed by atoms with E-state index in [9.17, 15) is 14.8 Å². The van der Waals surface area contributed by atoms with Crippen molar-refractivity contribution in [2.45, 2.75) is 32.8 Å². The van der Waals surface area contributed by atoms with Gasteiger partial charge in [-0.05, 0) is 36.1 Å². The van der Waals surface area contributed by atoms with Gasteiger partial charge in [0.15, 0.2) is 0 Å². The molecule has 1 aliphatic rings. The van der Waals surface area contributed by atoms with Crippen LogP contribution in [0.25, 0.3) is 22.5 Å². The van der Waals surface area contributed by atoms with Crippen molar-refractivity contribution >= 4 is 13.0 Å². The number of rotatable bonds is 12. The van der Waals surface area contributed by atoms with Crippen LogP contribution in [0.3, 0.4) is 0 Å². The van der Waals surface area contributed by atoms with Crippen LogP contribution in [0.2, 0.25) is 0 Å². The number of carbonyl (C=O) groups is 1. The molecule has 1 aromatic heterocycles. The molecule has 0 spiro atoms. The average Bonchev–Trinajstić information content (AvgIpc) is 3.33. The number of nitrogens with one attached hydrogen (secondary N) is 1. The van der Waals surface area contributed by atoms with Crippen LogP contribution in [0.15, 0.2) is 60.7 Å². The van der Waals surface area contributed by atoms with E-state index < -0.39 is 13.1 Å². The number of carbonyl (C=O) groups excluding carboxylic acids is 1. The van der Waals surface area contributed by atoms with Crippen molar-refractivity contribution in [2.24, 2.45) is 5.92 Å². The highest BCUT2D eigenvalue weighted by Gasteiger charge is 2.26. The van der Waals surface area contributed by atoms with E-state index in [0.29, 0.717) is 13.0 Å². The van der Waals surface area contributed by atoms with Crippen LogP contribution in [0.5, 0.6) is 5.75 Å². The molecule has 0 saturated carbocycles. The Morgan fingerprint density at radius 2 is 1.82 bits per heavy atom. The number of hydrogen-bond acceptors (Lipinski definition) is 7. The first kappa shape index (κ1) is 27.8. The standard InChI is InChI=1S/C28H37BN4O5/c1-21(2)17-27(29(35)36)30-28(34)20-33-26(22-7-4-3-5-8-22)19-25(31-33)23-9-6-10-24(18-23)38-16-13-32-11-14-37-15-12-32/h3-10,18-19,21,27,35-36H,11-17,20H2,1-2H3,(H,30,34). The van der Waals surface area contributed by atoms with Gasteiger partial charge in [0.1, 0.15) is 18.9 Å². The summed E-state index contributed by atoms with van der Waals surface area (Å²) in [7, 11) is -1.63. The van der Waals surface area contributed by atoms with Crippen LogP contribution in [-0.4, -0.2) is 83.2 Å². The smallest absolute Gasteiger partial charge is 0.475 e. The Morgan fingerprint density at radius 3 is 2.53 bits per heavy atom. The van der Waals surface area contributed by atoms with Crippen LogP contribution in [0.4, 0.5) is 0 Å². The van der Waals surface area contributed by atoms with E-state index in [1.54, 1.807) is 4.68 Å². The lowest BCUT2D eigenvalue weighted by Crippen LogP contribution is -2.48. The zero-order chi connectivity index (χ0) is 26.9. The van der Waals surface area contributed by atoms with Crippen LogP contribution in [-0.2, 0) is 16.1 Å². The zero-order valence-electron chi connectivity index (χ0n) is 22.1. The topological polar surface area (TPSA) is 109 Å². The fraction of sp³-hybridized carbons (Fsp3) is 0.429. The van der Waals surface area contributed by atoms with Gasteiger partial charge in [-0.1, -0.05) is 56.3 Å². The lowest BCUT2D eigenvalue weighted by Gasteiger charge is -2.26. The third-order valence-electron chi connectivity index (χ3n) is 6.48. The van der Waals surface area contributed by atoms with E-state index in [-0.39, 0.29) is 18.4 Å². The molecule has 1 saturated heterocycles. The maximum absolute atomic E-state index is 12.9. The maximum atomic E-state index is 12.9. The van der Waals surface area contributed by atoms with Gasteiger partial charge in [0.05, 0.1) is 30.5 Å². The fourth-order valence-corrected chi connectivity index (χ4v) is 4.53. The summed E-state index contributed by atoms with van der Waals surface area (Å²) in [4.78, 5) is 15.2. The SMILES string of the molecule is CC(C)CC(NC(=O)Cn1nc(-c2cccc(OCCN3CCOCC3)c2)cc1-c1ccccc1)B(O)O. The van der Waals surface area contributed by atoms with Crippen molar-refractivity contribution in [3.05, 3.63) is 60.7 Å². The lowest BCUT2D eigenvalue weighted by molar-refractivity contribution is -0.122. The second-order valence-corrected chi connectivity index (χ2v) is 9.99. The van der Waals surface area contributed by atoms with Gasteiger partial charge in [-0.15, -0.1) is 0 Å². The Bertz CT molecular complexity index is 1170. The summed E-state index contributed by atoms with van der Waals surface area (Å²) in [5.41, 5.74) is 3.32. The molecule has 4 rings (SSSR count). The summed E-state index contributed by atoms with van der Waals surface area (Å²) in [6, 6.07) is 19.5. The highest BCUT2D eigenvalue weighted by Crippen LogP contribution is 2.28. The molecule has 0 radical (unpaired) electrons. The third kappa shape index (κ3) is 7.91. The molecule has 38 heavy (non-hydrogen) atoms. The Balaban J connectivity index is 1.50. The van der Waals surface area contributed by atoms with Crippen molar-refractivity contribution in [1.82, 2.24) is 20.0 Å². The molecule has 1 unspecified atom stereocenters. The molecular formula is C28H37BN4O5. The third-order valence-corrected chi connectivity index (χ3v) is 6.48. The quantitative estimate of drug-likeness (QED) is 0.315. The molecule has 2 aromatic carbocycles. The molecule has 0 aliphatic carbocycles. The normalized spacial score (nSPS) is 14.9. The summed E-state index contributed by atoms with van der Waals surface area (Å²) in [6.45, 7) is 8.68. The van der Waals surface area contributed by atoms with Gasteiger partial charge in [0, 0.05) is 25.2 Å². The first-order valence-corrected chi connectivity index (χ1v) is 13.2. The van der Waals surface area contributed by atoms with E-state index >= 15 is 0 Å². The Morgan fingerprint density at radius 1 is 1.08 bits per heavy atom. The fourth-order valence-electron chi connectivity index (χ4n) is 4.53. The summed E-state index contributed by atoms with van der Waals surface area (Å²) in [5.74, 6) is -0.126. The molecular weight excluding hydrogens is 483 g/mol. The molecule has 1 atom stereocenters. The summed E-state index contributed by atoms with van der Waals surface area (Å²) >= 11 is 0. The van der Waals surface area contributed by atoms with Gasteiger partial charge < -0.3 is 24.8 Å². The predicted octanol–water partition coefficient (Wildman–Crippen LogP) is 2.47. The molecule has 0 bridgehead atoms. The van der Waals surface area contributed by atoms with E-state index in [4.69, 9.17) is 14.6 Å². The van der Waals surface area contributed by atoms with Gasteiger partial charge in [-0.25, -0.2) is 0 Å². The summed E-state index contributed by atoms with van der Waals surface area (Å²) in [6.07, 6.45) is 0.456. The van der Waals surface area contributed by atoms with Gasteiger partial charge in [-0.3, -0.25) is 14.4 Å². The molecule has 9 nitrogen and oxygen atoms in total. The molecule has 2 heterocycles. The maximum Gasteiger partial charge on any atom is 0.475 e. The molecule has 3 N–H and O–H groups in total. The number of aromatic nitrogens is 2. The van der Waals surface area contributed by atoms with Gasteiger partial charge >= 0.3 is 7.12 Å².